The van der Waals surface area contributed by atoms with Crippen LogP contribution in [0.1, 0.15) is 65.2 Å². The highest BCUT2D eigenvalue weighted by molar-refractivity contribution is 6.17. The molecule has 0 amide bonds. The lowest BCUT2D eigenvalue weighted by atomic mass is 9.47. The van der Waals surface area contributed by atoms with E-state index in [0.717, 1.165) is 51.2 Å². The smallest absolute Gasteiger partial charge is 0.168 e. The first kappa shape index (κ1) is 18.4. The molecular formula is C20H31ClO3. The zero-order valence-electron chi connectivity index (χ0n) is 15.1. The number of hydrogen-bond acceptors (Lipinski definition) is 3. The van der Waals surface area contributed by atoms with Gasteiger partial charge >= 0.3 is 0 Å². The molecule has 0 unspecified atom stereocenters. The summed E-state index contributed by atoms with van der Waals surface area (Å²) in [6.45, 7) is 6.07. The molecule has 4 heteroatoms. The van der Waals surface area contributed by atoms with Crippen LogP contribution in [-0.2, 0) is 14.3 Å². The van der Waals surface area contributed by atoms with Gasteiger partial charge in [0.2, 0.25) is 0 Å². The third-order valence-corrected chi connectivity index (χ3v) is 7.53. The van der Waals surface area contributed by atoms with Crippen molar-refractivity contribution in [3.05, 3.63) is 11.6 Å². The number of ether oxygens (including phenoxy) is 2. The third-order valence-electron chi connectivity index (χ3n) is 7.31. The molecule has 0 aromatic carbocycles. The number of allylic oxidation sites excluding steroid dienone is 2. The summed E-state index contributed by atoms with van der Waals surface area (Å²) in [6, 6.07) is 0. The van der Waals surface area contributed by atoms with Gasteiger partial charge in [-0.3, -0.25) is 0 Å². The Bertz CT molecular complexity index is 485. The van der Waals surface area contributed by atoms with Gasteiger partial charge in [-0.15, -0.1) is 11.6 Å². The van der Waals surface area contributed by atoms with E-state index in [1.807, 2.05) is 0 Å². The van der Waals surface area contributed by atoms with Crippen LogP contribution in [0.4, 0.5) is 0 Å². The first-order chi connectivity index (χ1) is 11.5. The molecule has 0 aromatic heterocycles. The standard InChI is InChI=1S/C20H31ClO3/c1-16-4-3-6-18(2,17(16)5-12-21)19(11-13-22)7-9-20(10-8-19)23-14-15-24-20/h4,13,17H,3,5-12,14-15H2,1-2H3/t17-,18-/m0/s1. The Morgan fingerprint density at radius 1 is 1.21 bits per heavy atom. The van der Waals surface area contributed by atoms with Gasteiger partial charge in [-0.05, 0) is 55.8 Å². The van der Waals surface area contributed by atoms with Crippen LogP contribution in [0.15, 0.2) is 11.6 Å². The molecule has 136 valence electrons. The van der Waals surface area contributed by atoms with Gasteiger partial charge in [0, 0.05) is 25.1 Å². The molecule has 2 atom stereocenters. The molecule has 0 bridgehead atoms. The summed E-state index contributed by atoms with van der Waals surface area (Å²) >= 11 is 6.15. The largest absolute Gasteiger partial charge is 0.348 e. The predicted molar refractivity (Wildman–Crippen MR) is 96.1 cm³/mol. The normalized spacial score (nSPS) is 35.0. The van der Waals surface area contributed by atoms with Crippen molar-refractivity contribution in [2.24, 2.45) is 16.7 Å². The minimum atomic E-state index is -0.371. The lowest BCUT2D eigenvalue weighted by Gasteiger charge is -2.58. The highest BCUT2D eigenvalue weighted by Crippen LogP contribution is 2.62. The maximum absolute atomic E-state index is 11.6. The minimum Gasteiger partial charge on any atom is -0.348 e. The number of hydrogen-bond donors (Lipinski definition) is 0. The average Bonchev–Trinajstić information content (AvgIpc) is 3.02. The molecule has 0 aromatic rings. The van der Waals surface area contributed by atoms with Crippen molar-refractivity contribution in [3.63, 3.8) is 0 Å². The molecule has 1 spiro atoms. The van der Waals surface area contributed by atoms with Crippen molar-refractivity contribution in [2.45, 2.75) is 71.0 Å². The van der Waals surface area contributed by atoms with Gasteiger partial charge in [-0.2, -0.15) is 0 Å². The third kappa shape index (κ3) is 2.97. The van der Waals surface area contributed by atoms with Crippen molar-refractivity contribution < 1.29 is 14.3 Å². The van der Waals surface area contributed by atoms with Crippen LogP contribution in [-0.4, -0.2) is 31.2 Å². The van der Waals surface area contributed by atoms with Gasteiger partial charge in [0.25, 0.3) is 0 Å². The highest BCUT2D eigenvalue weighted by atomic mass is 35.5. The monoisotopic (exact) mass is 354 g/mol. The predicted octanol–water partition coefficient (Wildman–Crippen LogP) is 4.87. The Labute approximate surface area is 151 Å². The number of halogens is 1. The van der Waals surface area contributed by atoms with Crippen LogP contribution in [0.3, 0.4) is 0 Å². The number of carbonyl (C=O) groups excluding carboxylic acids is 1. The van der Waals surface area contributed by atoms with Crippen molar-refractivity contribution >= 4 is 17.9 Å². The van der Waals surface area contributed by atoms with Crippen molar-refractivity contribution in [1.82, 2.24) is 0 Å². The molecule has 2 fully saturated rings. The summed E-state index contributed by atoms with van der Waals surface area (Å²) in [4.78, 5) is 11.6. The number of aldehydes is 1. The molecule has 3 aliphatic rings. The molecule has 1 aliphatic heterocycles. The number of carbonyl (C=O) groups is 1. The van der Waals surface area contributed by atoms with E-state index in [0.29, 0.717) is 31.4 Å². The zero-order valence-corrected chi connectivity index (χ0v) is 15.9. The fourth-order valence-corrected chi connectivity index (χ4v) is 5.99. The highest BCUT2D eigenvalue weighted by Gasteiger charge is 2.56. The van der Waals surface area contributed by atoms with Gasteiger partial charge in [0.15, 0.2) is 5.79 Å². The Morgan fingerprint density at radius 2 is 1.88 bits per heavy atom. The van der Waals surface area contributed by atoms with E-state index >= 15 is 0 Å². The maximum Gasteiger partial charge on any atom is 0.168 e. The Hall–Kier alpha value is -0.380. The second kappa shape index (κ2) is 7.09. The van der Waals surface area contributed by atoms with Crippen LogP contribution >= 0.6 is 11.6 Å². The van der Waals surface area contributed by atoms with Gasteiger partial charge < -0.3 is 14.3 Å². The molecular weight excluding hydrogens is 324 g/mol. The molecule has 1 saturated heterocycles. The molecule has 3 nitrogen and oxygen atoms in total. The zero-order chi connectivity index (χ0) is 17.3. The van der Waals surface area contributed by atoms with Crippen LogP contribution in [0.25, 0.3) is 0 Å². The van der Waals surface area contributed by atoms with E-state index in [1.54, 1.807) is 0 Å². The van der Waals surface area contributed by atoms with Gasteiger partial charge in [-0.25, -0.2) is 0 Å². The number of alkyl halides is 1. The molecule has 0 radical (unpaired) electrons. The fourth-order valence-electron chi connectivity index (χ4n) is 5.77. The maximum atomic E-state index is 11.6. The van der Waals surface area contributed by atoms with E-state index in [2.05, 4.69) is 19.9 Å². The van der Waals surface area contributed by atoms with Gasteiger partial charge in [0.1, 0.15) is 6.29 Å². The summed E-state index contributed by atoms with van der Waals surface area (Å²) in [6.07, 6.45) is 11.3. The van der Waals surface area contributed by atoms with Gasteiger partial charge in [-0.1, -0.05) is 18.6 Å². The van der Waals surface area contributed by atoms with Crippen molar-refractivity contribution in [3.8, 4) is 0 Å². The summed E-state index contributed by atoms with van der Waals surface area (Å²) < 4.78 is 11.9. The van der Waals surface area contributed by atoms with Crippen LogP contribution < -0.4 is 0 Å². The lowest BCUT2D eigenvalue weighted by molar-refractivity contribution is -0.208. The minimum absolute atomic E-state index is 0.0432. The van der Waals surface area contributed by atoms with Gasteiger partial charge in [0.05, 0.1) is 13.2 Å². The summed E-state index contributed by atoms with van der Waals surface area (Å²) in [5.74, 6) is 0.784. The second-order valence-electron chi connectivity index (χ2n) is 8.19. The second-order valence-corrected chi connectivity index (χ2v) is 8.57. The fraction of sp³-hybridized carbons (Fsp3) is 0.850. The Balaban J connectivity index is 1.89. The molecule has 0 N–H and O–H groups in total. The Kier molecular flexibility index (Phi) is 5.44. The first-order valence-corrected chi connectivity index (χ1v) is 9.99. The summed E-state index contributed by atoms with van der Waals surface area (Å²) in [5, 5.41) is 0. The molecule has 3 rings (SSSR count). The molecule has 1 saturated carbocycles. The SMILES string of the molecule is CC1=CCC[C@](C)(C2(CC=O)CCC3(CC2)OCCO3)[C@H]1CCCl. The van der Waals surface area contributed by atoms with Crippen LogP contribution in [0.5, 0.6) is 0 Å². The van der Waals surface area contributed by atoms with Crippen LogP contribution in [0, 0.1) is 16.7 Å². The topological polar surface area (TPSA) is 35.5 Å². The molecule has 1 heterocycles. The quantitative estimate of drug-likeness (QED) is 0.401. The molecule has 24 heavy (non-hydrogen) atoms. The van der Waals surface area contributed by atoms with E-state index in [1.165, 1.54) is 5.57 Å². The van der Waals surface area contributed by atoms with E-state index in [9.17, 15) is 4.79 Å². The van der Waals surface area contributed by atoms with E-state index < -0.39 is 0 Å². The Morgan fingerprint density at radius 3 is 2.46 bits per heavy atom. The van der Waals surface area contributed by atoms with Crippen LogP contribution in [0.2, 0.25) is 0 Å². The van der Waals surface area contributed by atoms with E-state index in [4.69, 9.17) is 21.1 Å². The summed E-state index contributed by atoms with van der Waals surface area (Å²) in [7, 11) is 0. The number of rotatable bonds is 5. The lowest BCUT2D eigenvalue weighted by Crippen LogP contribution is -2.52. The first-order valence-electron chi connectivity index (χ1n) is 9.45. The molecule has 2 aliphatic carbocycles. The summed E-state index contributed by atoms with van der Waals surface area (Å²) in [5.41, 5.74) is 1.63. The average molecular weight is 355 g/mol. The van der Waals surface area contributed by atoms with Crippen molar-refractivity contribution in [1.29, 1.82) is 0 Å². The van der Waals surface area contributed by atoms with Crippen molar-refractivity contribution in [2.75, 3.05) is 19.1 Å². The van der Waals surface area contributed by atoms with E-state index in [-0.39, 0.29) is 16.6 Å².